The van der Waals surface area contributed by atoms with Crippen LogP contribution in [0.15, 0.2) is 12.2 Å². The Morgan fingerprint density at radius 2 is 2.29 bits per heavy atom. The average Bonchev–Trinajstić information content (AvgIpc) is 1.61. The summed E-state index contributed by atoms with van der Waals surface area (Å²) in [5, 5.41) is 8.44. The summed E-state index contributed by atoms with van der Waals surface area (Å²) >= 11 is 0. The van der Waals surface area contributed by atoms with E-state index < -0.39 is 6.10 Å². The third-order valence-corrected chi connectivity index (χ3v) is 0.468. The van der Waals surface area contributed by atoms with Crippen LogP contribution in [0, 0.1) is 0 Å². The predicted octanol–water partition coefficient (Wildman–Crippen LogP) is 0.122. The summed E-state index contributed by atoms with van der Waals surface area (Å²) in [4.78, 5) is 9.51. The minimum absolute atomic E-state index is 0.509. The van der Waals surface area contributed by atoms with Gasteiger partial charge < -0.3 is 5.11 Å². The van der Waals surface area contributed by atoms with Crippen LogP contribution in [0.4, 0.5) is 0 Å². The first-order valence-electron chi connectivity index (χ1n) is 2.07. The van der Waals surface area contributed by atoms with E-state index in [-0.39, 0.29) is 0 Å². The smallest absolute Gasteiger partial charge is 0.142 e. The van der Waals surface area contributed by atoms with Gasteiger partial charge in [0.25, 0.3) is 0 Å². The first-order chi connectivity index (χ1) is 3.27. The summed E-state index contributed by atoms with van der Waals surface area (Å²) in [6.45, 7) is 1.58. The van der Waals surface area contributed by atoms with Gasteiger partial charge in [-0.05, 0) is 13.0 Å². The number of aliphatic hydroxyl groups excluding tert-OH is 1. The van der Waals surface area contributed by atoms with Crippen LogP contribution in [-0.4, -0.2) is 17.5 Å². The zero-order chi connectivity index (χ0) is 5.70. The molecule has 0 saturated heterocycles. The average molecular weight is 100 g/mol. The highest BCUT2D eigenvalue weighted by molar-refractivity contribution is 5.64. The molecule has 0 heterocycles. The Morgan fingerprint density at radius 1 is 1.71 bits per heavy atom. The lowest BCUT2D eigenvalue weighted by Crippen LogP contribution is -1.91. The van der Waals surface area contributed by atoms with Crippen LogP contribution in [0.25, 0.3) is 0 Å². The van der Waals surface area contributed by atoms with Crippen molar-refractivity contribution >= 4 is 6.29 Å². The molecule has 0 amide bonds. The highest BCUT2D eigenvalue weighted by Gasteiger charge is 1.80. The van der Waals surface area contributed by atoms with Crippen molar-refractivity contribution in [2.75, 3.05) is 0 Å². The molecule has 0 radical (unpaired) electrons. The van der Waals surface area contributed by atoms with Gasteiger partial charge in [-0.1, -0.05) is 6.08 Å². The van der Waals surface area contributed by atoms with Crippen LogP contribution >= 0.6 is 0 Å². The summed E-state index contributed by atoms with van der Waals surface area (Å²) in [5.74, 6) is 0. The van der Waals surface area contributed by atoms with Crippen LogP contribution in [0.3, 0.4) is 0 Å². The van der Waals surface area contributed by atoms with Gasteiger partial charge in [0.05, 0.1) is 6.10 Å². The van der Waals surface area contributed by atoms with Crippen LogP contribution in [0.1, 0.15) is 6.92 Å². The van der Waals surface area contributed by atoms with E-state index in [1.54, 1.807) is 6.92 Å². The van der Waals surface area contributed by atoms with Gasteiger partial charge in [-0.15, -0.1) is 0 Å². The van der Waals surface area contributed by atoms with Crippen molar-refractivity contribution in [1.82, 2.24) is 0 Å². The molecular formula is C5H8O2. The van der Waals surface area contributed by atoms with Gasteiger partial charge in [-0.3, -0.25) is 4.79 Å². The predicted molar refractivity (Wildman–Crippen MR) is 26.9 cm³/mol. The molecule has 0 aliphatic rings. The second-order valence-corrected chi connectivity index (χ2v) is 1.26. The van der Waals surface area contributed by atoms with Gasteiger partial charge in [-0.2, -0.15) is 0 Å². The SMILES string of the molecule is CC(O)C=CC=O. The van der Waals surface area contributed by atoms with E-state index in [1.807, 2.05) is 0 Å². The molecule has 0 saturated carbocycles. The molecule has 1 atom stereocenters. The minimum Gasteiger partial charge on any atom is -0.389 e. The number of allylic oxidation sites excluding steroid dienone is 1. The molecule has 0 aromatic heterocycles. The molecule has 1 unspecified atom stereocenters. The Labute approximate surface area is 42.5 Å². The summed E-state index contributed by atoms with van der Waals surface area (Å²) in [7, 11) is 0. The molecule has 40 valence electrons. The molecule has 0 aliphatic carbocycles. The van der Waals surface area contributed by atoms with Crippen molar-refractivity contribution in [3.63, 3.8) is 0 Å². The van der Waals surface area contributed by atoms with Gasteiger partial charge in [0.1, 0.15) is 6.29 Å². The Kier molecular flexibility index (Phi) is 3.24. The van der Waals surface area contributed by atoms with E-state index >= 15 is 0 Å². The standard InChI is InChI=1S/C5H8O2/c1-5(7)3-2-4-6/h2-5,7H,1H3. The molecule has 7 heavy (non-hydrogen) atoms. The lowest BCUT2D eigenvalue weighted by Gasteiger charge is -1.86. The highest BCUT2D eigenvalue weighted by Crippen LogP contribution is 1.77. The van der Waals surface area contributed by atoms with E-state index in [4.69, 9.17) is 5.11 Å². The molecule has 2 nitrogen and oxygen atoms in total. The summed E-state index contributed by atoms with van der Waals surface area (Å²) in [5.41, 5.74) is 0. The summed E-state index contributed by atoms with van der Waals surface area (Å²) in [6.07, 6.45) is 2.80. The maximum Gasteiger partial charge on any atom is 0.142 e. The number of aldehydes is 1. The molecule has 0 bridgehead atoms. The van der Waals surface area contributed by atoms with Crippen LogP contribution in [0.5, 0.6) is 0 Å². The van der Waals surface area contributed by atoms with Crippen LogP contribution < -0.4 is 0 Å². The van der Waals surface area contributed by atoms with Crippen molar-refractivity contribution < 1.29 is 9.90 Å². The Morgan fingerprint density at radius 3 is 2.43 bits per heavy atom. The number of aliphatic hydroxyl groups is 1. The number of hydrogen-bond acceptors (Lipinski definition) is 2. The maximum atomic E-state index is 9.51. The van der Waals surface area contributed by atoms with E-state index in [0.717, 1.165) is 0 Å². The van der Waals surface area contributed by atoms with Gasteiger partial charge >= 0.3 is 0 Å². The van der Waals surface area contributed by atoms with Crippen LogP contribution in [-0.2, 0) is 4.79 Å². The molecule has 0 aliphatic heterocycles. The largest absolute Gasteiger partial charge is 0.389 e. The summed E-state index contributed by atoms with van der Waals surface area (Å²) in [6, 6.07) is 0. The molecule has 2 heteroatoms. The maximum absolute atomic E-state index is 9.51. The van der Waals surface area contributed by atoms with E-state index in [2.05, 4.69) is 0 Å². The van der Waals surface area contributed by atoms with Gasteiger partial charge in [-0.25, -0.2) is 0 Å². The highest BCUT2D eigenvalue weighted by atomic mass is 16.3. The zero-order valence-electron chi connectivity index (χ0n) is 4.16. The quantitative estimate of drug-likeness (QED) is 0.395. The fourth-order valence-corrected chi connectivity index (χ4v) is 0.206. The number of rotatable bonds is 2. The van der Waals surface area contributed by atoms with Crippen LogP contribution in [0.2, 0.25) is 0 Å². The van der Waals surface area contributed by atoms with E-state index in [0.29, 0.717) is 6.29 Å². The van der Waals surface area contributed by atoms with Crippen molar-refractivity contribution in [2.45, 2.75) is 13.0 Å². The first kappa shape index (κ1) is 6.37. The lowest BCUT2D eigenvalue weighted by molar-refractivity contribution is -0.104. The Bertz CT molecular complexity index is 74.1. The fraction of sp³-hybridized carbons (Fsp3) is 0.400. The number of carbonyl (C=O) groups excluding carboxylic acids is 1. The minimum atomic E-state index is -0.509. The molecule has 1 N–H and O–H groups in total. The lowest BCUT2D eigenvalue weighted by atomic mass is 10.4. The monoisotopic (exact) mass is 100 g/mol. The van der Waals surface area contributed by atoms with E-state index in [1.165, 1.54) is 12.2 Å². The molecular weight excluding hydrogens is 92.1 g/mol. The fourth-order valence-electron chi connectivity index (χ4n) is 0.206. The molecule has 0 rings (SSSR count). The van der Waals surface area contributed by atoms with Crippen molar-refractivity contribution in [2.24, 2.45) is 0 Å². The van der Waals surface area contributed by atoms with Gasteiger partial charge in [0, 0.05) is 0 Å². The number of carbonyl (C=O) groups is 1. The van der Waals surface area contributed by atoms with Crippen molar-refractivity contribution in [1.29, 1.82) is 0 Å². The molecule has 0 spiro atoms. The third-order valence-electron chi connectivity index (χ3n) is 0.468. The second kappa shape index (κ2) is 3.56. The Balaban J connectivity index is 3.25. The molecule has 0 aromatic rings. The van der Waals surface area contributed by atoms with Crippen molar-refractivity contribution in [3.8, 4) is 0 Å². The third kappa shape index (κ3) is 5.37. The summed E-state index contributed by atoms with van der Waals surface area (Å²) < 4.78 is 0. The zero-order valence-corrected chi connectivity index (χ0v) is 4.16. The molecule has 0 aromatic carbocycles. The van der Waals surface area contributed by atoms with E-state index in [9.17, 15) is 4.79 Å². The Hall–Kier alpha value is -0.630. The normalized spacial score (nSPS) is 14.6. The van der Waals surface area contributed by atoms with Gasteiger partial charge in [0.15, 0.2) is 0 Å². The topological polar surface area (TPSA) is 37.3 Å². The molecule has 0 fully saturated rings. The number of hydrogen-bond donors (Lipinski definition) is 1. The first-order valence-corrected chi connectivity index (χ1v) is 2.07. The van der Waals surface area contributed by atoms with Crippen molar-refractivity contribution in [3.05, 3.63) is 12.2 Å². The second-order valence-electron chi connectivity index (χ2n) is 1.26. The van der Waals surface area contributed by atoms with Gasteiger partial charge in [0.2, 0.25) is 0 Å².